The number of ether oxygens (including phenoxy) is 2. The second kappa shape index (κ2) is 6.15. The predicted octanol–water partition coefficient (Wildman–Crippen LogP) is 0.765. The molecule has 1 aromatic rings. The van der Waals surface area contributed by atoms with E-state index in [9.17, 15) is 0 Å². The average molecular weight is 254 g/mol. The zero-order chi connectivity index (χ0) is 13.6. The van der Waals surface area contributed by atoms with Gasteiger partial charge in [0, 0.05) is 12.4 Å². The number of hydrogen-bond donors (Lipinski definition) is 2. The van der Waals surface area contributed by atoms with Gasteiger partial charge in [0.25, 0.3) is 0 Å². The molecule has 0 saturated heterocycles. The van der Waals surface area contributed by atoms with E-state index >= 15 is 0 Å². The van der Waals surface area contributed by atoms with Crippen LogP contribution in [0.4, 0.5) is 0 Å². The Bertz CT molecular complexity index is 415. The summed E-state index contributed by atoms with van der Waals surface area (Å²) in [5.41, 5.74) is 5.44. The molecule has 0 radical (unpaired) electrons. The lowest BCUT2D eigenvalue weighted by Gasteiger charge is -2.19. The van der Waals surface area contributed by atoms with E-state index in [1.165, 1.54) is 12.4 Å². The lowest BCUT2D eigenvalue weighted by atomic mass is 10.2. The van der Waals surface area contributed by atoms with E-state index in [1.54, 1.807) is 0 Å². The second-order valence-corrected chi connectivity index (χ2v) is 4.50. The van der Waals surface area contributed by atoms with Gasteiger partial charge >= 0.3 is 0 Å². The summed E-state index contributed by atoms with van der Waals surface area (Å²) >= 11 is 0. The summed E-state index contributed by atoms with van der Waals surface area (Å²) in [6, 6.07) is 0. The Balaban J connectivity index is 2.57. The van der Waals surface area contributed by atoms with E-state index in [4.69, 9.17) is 20.4 Å². The highest BCUT2D eigenvalue weighted by Crippen LogP contribution is 2.11. The molecule has 0 aliphatic carbocycles. The van der Waals surface area contributed by atoms with Crippen molar-refractivity contribution < 1.29 is 14.7 Å². The third kappa shape index (κ3) is 4.54. The van der Waals surface area contributed by atoms with Crippen molar-refractivity contribution in [2.75, 3.05) is 13.2 Å². The van der Waals surface area contributed by atoms with Crippen LogP contribution in [0.5, 0.6) is 5.88 Å². The van der Waals surface area contributed by atoms with Crippen LogP contribution in [0.15, 0.2) is 17.5 Å². The maximum absolute atomic E-state index is 8.61. The molecule has 0 aliphatic heterocycles. The van der Waals surface area contributed by atoms with Gasteiger partial charge in [-0.15, -0.1) is 0 Å². The van der Waals surface area contributed by atoms with Gasteiger partial charge in [-0.1, -0.05) is 5.16 Å². The molecule has 0 fully saturated rings. The highest BCUT2D eigenvalue weighted by Gasteiger charge is 2.12. The molecule has 0 unspecified atom stereocenters. The highest BCUT2D eigenvalue weighted by atomic mass is 16.5. The molecule has 1 rings (SSSR count). The van der Waals surface area contributed by atoms with Gasteiger partial charge in [-0.2, -0.15) is 0 Å². The zero-order valence-electron chi connectivity index (χ0n) is 10.8. The lowest BCUT2D eigenvalue weighted by molar-refractivity contribution is -0.0168. The van der Waals surface area contributed by atoms with E-state index in [2.05, 4.69) is 15.1 Å². The van der Waals surface area contributed by atoms with Gasteiger partial charge in [-0.3, -0.25) is 0 Å². The molecule has 100 valence electrons. The van der Waals surface area contributed by atoms with Gasteiger partial charge in [0.05, 0.1) is 12.2 Å². The predicted molar refractivity (Wildman–Crippen MR) is 65.7 cm³/mol. The first kappa shape index (κ1) is 14.2. The molecule has 0 atom stereocenters. The van der Waals surface area contributed by atoms with E-state index in [0.717, 1.165) is 0 Å². The van der Waals surface area contributed by atoms with Crippen molar-refractivity contribution in [1.82, 2.24) is 9.97 Å². The van der Waals surface area contributed by atoms with Crippen molar-refractivity contribution >= 4 is 5.84 Å². The molecular formula is C11H18N4O3. The Morgan fingerprint density at radius 1 is 1.33 bits per heavy atom. The maximum Gasteiger partial charge on any atom is 0.244 e. The van der Waals surface area contributed by atoms with Crippen LogP contribution in [0.1, 0.15) is 26.5 Å². The Labute approximate surface area is 106 Å². The van der Waals surface area contributed by atoms with Crippen LogP contribution in [0.3, 0.4) is 0 Å². The first-order chi connectivity index (χ1) is 8.44. The molecule has 7 nitrogen and oxygen atoms in total. The van der Waals surface area contributed by atoms with E-state index < -0.39 is 0 Å². The number of oxime groups is 1. The van der Waals surface area contributed by atoms with Gasteiger partial charge in [-0.25, -0.2) is 9.97 Å². The van der Waals surface area contributed by atoms with Crippen molar-refractivity contribution in [2.24, 2.45) is 10.9 Å². The van der Waals surface area contributed by atoms with Crippen molar-refractivity contribution in [1.29, 1.82) is 0 Å². The fourth-order valence-electron chi connectivity index (χ4n) is 1.14. The van der Waals surface area contributed by atoms with Crippen LogP contribution >= 0.6 is 0 Å². The monoisotopic (exact) mass is 254 g/mol. The minimum Gasteiger partial charge on any atom is -0.474 e. The topological polar surface area (TPSA) is 103 Å². The first-order valence-electron chi connectivity index (χ1n) is 5.49. The quantitative estimate of drug-likeness (QED) is 0.264. The molecule has 1 heterocycles. The number of amidine groups is 1. The normalized spacial score (nSPS) is 12.5. The van der Waals surface area contributed by atoms with Gasteiger partial charge < -0.3 is 20.4 Å². The zero-order valence-corrected chi connectivity index (χ0v) is 10.8. The summed E-state index contributed by atoms with van der Waals surface area (Å²) in [5.74, 6) is 0.0696. The largest absolute Gasteiger partial charge is 0.474 e. The molecule has 18 heavy (non-hydrogen) atoms. The average Bonchev–Trinajstić information content (AvgIpc) is 2.33. The Kier molecular flexibility index (Phi) is 4.85. The first-order valence-corrected chi connectivity index (χ1v) is 5.49. The summed E-state index contributed by atoms with van der Waals surface area (Å²) in [6.45, 7) is 6.59. The van der Waals surface area contributed by atoms with E-state index in [-0.39, 0.29) is 23.0 Å². The van der Waals surface area contributed by atoms with Crippen molar-refractivity contribution in [3.05, 3.63) is 18.1 Å². The van der Waals surface area contributed by atoms with Crippen LogP contribution in [-0.2, 0) is 4.74 Å². The van der Waals surface area contributed by atoms with Gasteiger partial charge in [0.15, 0.2) is 11.5 Å². The van der Waals surface area contributed by atoms with Crippen LogP contribution in [-0.4, -0.2) is 39.8 Å². The van der Waals surface area contributed by atoms with Crippen molar-refractivity contribution in [3.63, 3.8) is 0 Å². The molecule has 0 amide bonds. The summed E-state index contributed by atoms with van der Waals surface area (Å²) in [6.07, 6.45) is 2.90. The SMILES string of the molecule is CC(C)(C)OCCOc1nccnc1C(N)=NO. The number of rotatable bonds is 5. The van der Waals surface area contributed by atoms with E-state index in [1.807, 2.05) is 20.8 Å². The smallest absolute Gasteiger partial charge is 0.244 e. The Hall–Kier alpha value is -1.89. The van der Waals surface area contributed by atoms with Crippen LogP contribution in [0.2, 0.25) is 0 Å². The summed E-state index contributed by atoms with van der Waals surface area (Å²) in [4.78, 5) is 7.90. The third-order valence-electron chi connectivity index (χ3n) is 1.87. The third-order valence-corrected chi connectivity index (χ3v) is 1.87. The van der Waals surface area contributed by atoms with Gasteiger partial charge in [0.1, 0.15) is 6.61 Å². The Morgan fingerprint density at radius 3 is 2.61 bits per heavy atom. The van der Waals surface area contributed by atoms with Crippen molar-refractivity contribution in [3.8, 4) is 5.88 Å². The van der Waals surface area contributed by atoms with Crippen LogP contribution in [0, 0.1) is 0 Å². The minimum atomic E-state index is -0.222. The number of nitrogens with two attached hydrogens (primary N) is 1. The molecule has 0 aromatic carbocycles. The minimum absolute atomic E-state index is 0.144. The summed E-state index contributed by atoms with van der Waals surface area (Å²) < 4.78 is 10.9. The summed E-state index contributed by atoms with van der Waals surface area (Å²) in [5, 5.41) is 11.5. The molecule has 0 aliphatic rings. The number of nitrogens with zero attached hydrogens (tertiary/aromatic N) is 3. The standard InChI is InChI=1S/C11H18N4O3/c1-11(2,3)18-7-6-17-10-8(9(12)15-16)13-4-5-14-10/h4-5,16H,6-7H2,1-3H3,(H2,12,15). The van der Waals surface area contributed by atoms with Gasteiger partial charge in [-0.05, 0) is 20.8 Å². The van der Waals surface area contributed by atoms with Crippen molar-refractivity contribution in [2.45, 2.75) is 26.4 Å². The fourth-order valence-corrected chi connectivity index (χ4v) is 1.14. The molecular weight excluding hydrogens is 236 g/mol. The second-order valence-electron chi connectivity index (χ2n) is 4.50. The molecule has 0 spiro atoms. The molecule has 1 aromatic heterocycles. The van der Waals surface area contributed by atoms with Crippen LogP contribution < -0.4 is 10.5 Å². The molecule has 3 N–H and O–H groups in total. The van der Waals surface area contributed by atoms with Crippen LogP contribution in [0.25, 0.3) is 0 Å². The number of hydrogen-bond acceptors (Lipinski definition) is 6. The fraction of sp³-hybridized carbons (Fsp3) is 0.545. The number of aromatic nitrogens is 2. The Morgan fingerprint density at radius 2 is 2.00 bits per heavy atom. The summed E-state index contributed by atoms with van der Waals surface area (Å²) in [7, 11) is 0. The highest BCUT2D eigenvalue weighted by molar-refractivity contribution is 5.97. The lowest BCUT2D eigenvalue weighted by Crippen LogP contribution is -2.23. The maximum atomic E-state index is 8.61. The molecule has 0 bridgehead atoms. The van der Waals surface area contributed by atoms with Gasteiger partial charge in [0.2, 0.25) is 5.88 Å². The molecule has 0 saturated carbocycles. The molecule has 7 heteroatoms. The van der Waals surface area contributed by atoms with E-state index in [0.29, 0.717) is 13.2 Å².